The van der Waals surface area contributed by atoms with E-state index in [9.17, 15) is 24.0 Å². The summed E-state index contributed by atoms with van der Waals surface area (Å²) in [5.41, 5.74) is -2.49. The van der Waals surface area contributed by atoms with E-state index in [-0.39, 0.29) is 24.5 Å². The molecule has 0 heterocycles. The lowest BCUT2D eigenvalue weighted by Gasteiger charge is -2.33. The van der Waals surface area contributed by atoms with Crippen LogP contribution in [0.15, 0.2) is 0 Å². The van der Waals surface area contributed by atoms with E-state index in [1.54, 1.807) is 20.8 Å². The second kappa shape index (κ2) is 14.2. The number of alkyl carbamates (subject to hydrolysis) is 1. The number of amides is 1. The van der Waals surface area contributed by atoms with Crippen LogP contribution in [0.4, 0.5) is 14.4 Å². The van der Waals surface area contributed by atoms with Crippen LogP contribution in [0.2, 0.25) is 0 Å². The third kappa shape index (κ3) is 8.90. The molecule has 6 atom stereocenters. The van der Waals surface area contributed by atoms with Crippen molar-refractivity contribution in [2.24, 2.45) is 17.8 Å². The summed E-state index contributed by atoms with van der Waals surface area (Å²) in [6.45, 7) is 7.82. The van der Waals surface area contributed by atoms with Gasteiger partial charge < -0.3 is 38.5 Å². The molecule has 44 heavy (non-hydrogen) atoms. The molecule has 4 aliphatic carbocycles. The van der Waals surface area contributed by atoms with E-state index in [0.29, 0.717) is 6.42 Å². The van der Waals surface area contributed by atoms with E-state index in [0.717, 1.165) is 64.2 Å². The van der Waals surface area contributed by atoms with Gasteiger partial charge in [0, 0.05) is 19.8 Å². The SMILES string of the molecule is CC(OC(=O)OC1CCCCC1)OC(=O)[C@H]1[C@@H]2CC[C@@](NC(=O)OC(C)(C)C)(C(=O)OC(C)OC(=O)OC3CCCCC3)[C@@H]21. The molecule has 0 spiro atoms. The summed E-state index contributed by atoms with van der Waals surface area (Å²) in [6.07, 6.45) is 3.97. The molecule has 4 fully saturated rings. The Morgan fingerprint density at radius 3 is 1.70 bits per heavy atom. The molecule has 4 saturated carbocycles. The Labute approximate surface area is 258 Å². The molecule has 0 bridgehead atoms. The number of hydrogen-bond acceptors (Lipinski definition) is 12. The molecule has 2 unspecified atom stereocenters. The van der Waals surface area contributed by atoms with Gasteiger partial charge >= 0.3 is 30.3 Å². The molecule has 4 aliphatic rings. The summed E-state index contributed by atoms with van der Waals surface area (Å²) in [6, 6.07) is 0. The predicted molar refractivity (Wildman–Crippen MR) is 152 cm³/mol. The third-order valence-electron chi connectivity index (χ3n) is 8.68. The Bertz CT molecular complexity index is 1060. The van der Waals surface area contributed by atoms with Crippen LogP contribution < -0.4 is 5.32 Å². The summed E-state index contributed by atoms with van der Waals surface area (Å²) in [7, 11) is 0. The van der Waals surface area contributed by atoms with Gasteiger partial charge in [0.05, 0.1) is 5.92 Å². The fraction of sp³-hybridized carbons (Fsp3) is 0.839. The number of fused-ring (bicyclic) bond motifs is 1. The molecule has 0 saturated heterocycles. The van der Waals surface area contributed by atoms with Crippen molar-refractivity contribution in [2.75, 3.05) is 0 Å². The van der Waals surface area contributed by atoms with Gasteiger partial charge in [0.15, 0.2) is 0 Å². The molecular formula is C31H47NO12. The van der Waals surface area contributed by atoms with Crippen molar-refractivity contribution in [3.05, 3.63) is 0 Å². The fourth-order valence-electron chi connectivity index (χ4n) is 6.72. The van der Waals surface area contributed by atoms with Gasteiger partial charge in [0.2, 0.25) is 12.6 Å². The van der Waals surface area contributed by atoms with Crippen molar-refractivity contribution in [1.29, 1.82) is 0 Å². The minimum absolute atomic E-state index is 0.170. The van der Waals surface area contributed by atoms with E-state index in [1.165, 1.54) is 13.8 Å². The van der Waals surface area contributed by atoms with Crippen LogP contribution >= 0.6 is 0 Å². The van der Waals surface area contributed by atoms with Gasteiger partial charge in [0.25, 0.3) is 0 Å². The van der Waals surface area contributed by atoms with Crippen LogP contribution in [-0.4, -0.2) is 66.3 Å². The van der Waals surface area contributed by atoms with Gasteiger partial charge in [0.1, 0.15) is 23.3 Å². The van der Waals surface area contributed by atoms with E-state index < -0.39 is 65.9 Å². The topological polar surface area (TPSA) is 162 Å². The molecule has 1 amide bonds. The molecular weight excluding hydrogens is 578 g/mol. The number of hydrogen-bond donors (Lipinski definition) is 1. The number of carbonyl (C=O) groups is 5. The summed E-state index contributed by atoms with van der Waals surface area (Å²) >= 11 is 0. The highest BCUT2D eigenvalue weighted by Gasteiger charge is 2.73. The van der Waals surface area contributed by atoms with Gasteiger partial charge in [-0.25, -0.2) is 19.2 Å². The number of ether oxygens (including phenoxy) is 7. The lowest BCUT2D eigenvalue weighted by atomic mass is 9.90. The number of esters is 2. The first-order valence-electron chi connectivity index (χ1n) is 15.9. The molecule has 4 rings (SSSR count). The van der Waals surface area contributed by atoms with Gasteiger partial charge in [-0.2, -0.15) is 0 Å². The average molecular weight is 626 g/mol. The maximum Gasteiger partial charge on any atom is 0.511 e. The second-order valence-electron chi connectivity index (χ2n) is 13.3. The van der Waals surface area contributed by atoms with E-state index in [2.05, 4.69) is 5.32 Å². The van der Waals surface area contributed by atoms with E-state index >= 15 is 0 Å². The predicted octanol–water partition coefficient (Wildman–Crippen LogP) is 5.66. The fourth-order valence-corrected chi connectivity index (χ4v) is 6.72. The first kappa shape index (κ1) is 33.6. The van der Waals surface area contributed by atoms with E-state index in [1.807, 2.05) is 0 Å². The Hall–Kier alpha value is -3.25. The number of rotatable bonds is 9. The highest BCUT2D eigenvalue weighted by Crippen LogP contribution is 2.63. The molecule has 0 aromatic carbocycles. The normalized spacial score (nSPS) is 28.3. The molecule has 0 aliphatic heterocycles. The highest BCUT2D eigenvalue weighted by molar-refractivity contribution is 5.90. The van der Waals surface area contributed by atoms with Crippen LogP contribution in [0, 0.1) is 17.8 Å². The quantitative estimate of drug-likeness (QED) is 0.190. The largest absolute Gasteiger partial charge is 0.511 e. The van der Waals surface area contributed by atoms with Crippen LogP contribution in [0.3, 0.4) is 0 Å². The maximum atomic E-state index is 13.6. The smallest absolute Gasteiger partial charge is 0.444 e. The maximum absolute atomic E-state index is 13.6. The van der Waals surface area contributed by atoms with Gasteiger partial charge in [-0.05, 0) is 90.9 Å². The Kier molecular flexibility index (Phi) is 10.9. The molecule has 0 aromatic heterocycles. The van der Waals surface area contributed by atoms with Crippen molar-refractivity contribution in [3.8, 4) is 0 Å². The minimum atomic E-state index is -1.63. The van der Waals surface area contributed by atoms with Crippen molar-refractivity contribution in [1.82, 2.24) is 5.32 Å². The summed E-state index contributed by atoms with van der Waals surface area (Å²) in [5, 5.41) is 2.66. The minimum Gasteiger partial charge on any atom is -0.444 e. The van der Waals surface area contributed by atoms with Crippen LogP contribution in [0.25, 0.3) is 0 Å². The molecule has 248 valence electrons. The van der Waals surface area contributed by atoms with Crippen molar-refractivity contribution < 1.29 is 57.1 Å². The summed E-state index contributed by atoms with van der Waals surface area (Å²) < 4.78 is 37.3. The first-order valence-corrected chi connectivity index (χ1v) is 15.9. The number of nitrogens with one attached hydrogen (secondary N) is 1. The van der Waals surface area contributed by atoms with Gasteiger partial charge in [-0.15, -0.1) is 0 Å². The monoisotopic (exact) mass is 625 g/mol. The Morgan fingerprint density at radius 2 is 1.20 bits per heavy atom. The second-order valence-corrected chi connectivity index (χ2v) is 13.3. The van der Waals surface area contributed by atoms with Crippen LogP contribution in [-0.2, 0) is 42.7 Å². The summed E-state index contributed by atoms with van der Waals surface area (Å²) in [4.78, 5) is 64.2. The van der Waals surface area contributed by atoms with Crippen molar-refractivity contribution in [2.45, 2.75) is 148 Å². The van der Waals surface area contributed by atoms with Gasteiger partial charge in [-0.1, -0.05) is 12.8 Å². The Balaban J connectivity index is 1.36. The zero-order chi connectivity index (χ0) is 32.1. The van der Waals surface area contributed by atoms with Crippen LogP contribution in [0.5, 0.6) is 0 Å². The van der Waals surface area contributed by atoms with Crippen molar-refractivity contribution in [3.63, 3.8) is 0 Å². The zero-order valence-corrected chi connectivity index (χ0v) is 26.4. The summed E-state index contributed by atoms with van der Waals surface area (Å²) in [5.74, 6) is -3.28. The molecule has 0 aromatic rings. The Morgan fingerprint density at radius 1 is 0.705 bits per heavy atom. The lowest BCUT2D eigenvalue weighted by Crippen LogP contribution is -2.58. The molecule has 13 heteroatoms. The lowest BCUT2D eigenvalue weighted by molar-refractivity contribution is -0.178. The third-order valence-corrected chi connectivity index (χ3v) is 8.68. The molecule has 0 radical (unpaired) electrons. The zero-order valence-electron chi connectivity index (χ0n) is 26.4. The van der Waals surface area contributed by atoms with Crippen LogP contribution in [0.1, 0.15) is 112 Å². The highest BCUT2D eigenvalue weighted by atomic mass is 16.8. The molecule has 1 N–H and O–H groups in total. The van der Waals surface area contributed by atoms with Crippen molar-refractivity contribution >= 4 is 30.3 Å². The standard InChI is InChI=1S/C31H47NO12/c1-18(40-28(36)42-20-12-8-6-9-13-20)38-25(33)23-22-16-17-31(24(22)23,32-27(35)44-30(3,4)5)26(34)39-19(2)41-29(37)43-21-14-10-7-11-15-21/h18-24H,6-17H2,1-5H3,(H,32,35)/t18?,19?,22-,23-,24-,31-/m0/s1. The number of carbonyl (C=O) groups excluding carboxylic acids is 5. The van der Waals surface area contributed by atoms with Gasteiger partial charge in [-0.3, -0.25) is 4.79 Å². The first-order chi connectivity index (χ1) is 20.8. The average Bonchev–Trinajstić information content (AvgIpc) is 3.55. The van der Waals surface area contributed by atoms with E-state index in [4.69, 9.17) is 33.2 Å². The molecule has 13 nitrogen and oxygen atoms in total.